The van der Waals surface area contributed by atoms with Crippen LogP contribution in [0, 0.1) is 5.92 Å². The molecule has 2 fully saturated rings. The quantitative estimate of drug-likeness (QED) is 0.738. The summed E-state index contributed by atoms with van der Waals surface area (Å²) in [7, 11) is 0. The zero-order chi connectivity index (χ0) is 21.4. The van der Waals surface area contributed by atoms with Gasteiger partial charge in [-0.1, -0.05) is 6.07 Å². The summed E-state index contributed by atoms with van der Waals surface area (Å²) in [6.07, 6.45) is 4.91. The largest absolute Gasteiger partial charge is 0.394 e. The minimum absolute atomic E-state index is 0.0264. The fourth-order valence-corrected chi connectivity index (χ4v) is 5.61. The Balaban J connectivity index is 1.31. The Bertz CT molecular complexity index is 970. The van der Waals surface area contributed by atoms with Crippen LogP contribution in [0.2, 0.25) is 0 Å². The minimum Gasteiger partial charge on any atom is -0.394 e. The molecule has 0 amide bonds. The normalized spacial score (nSPS) is 26.7. The van der Waals surface area contributed by atoms with E-state index in [1.165, 1.54) is 17.8 Å². The summed E-state index contributed by atoms with van der Waals surface area (Å²) in [4.78, 5) is 22.4. The lowest BCUT2D eigenvalue weighted by Gasteiger charge is -2.43. The maximum Gasteiger partial charge on any atom is 0.255 e. The van der Waals surface area contributed by atoms with E-state index in [1.54, 1.807) is 0 Å². The first-order valence-electron chi connectivity index (χ1n) is 11.5. The second-order valence-corrected chi connectivity index (χ2v) is 9.27. The number of nitrogens with zero attached hydrogens (tertiary/aromatic N) is 5. The second-order valence-electron chi connectivity index (χ2n) is 9.27. The van der Waals surface area contributed by atoms with E-state index in [2.05, 4.69) is 32.3 Å². The highest BCUT2D eigenvalue weighted by atomic mass is 16.5. The number of aliphatic hydroxyl groups excluding tert-OH is 1. The standard InChI is InChI=1S/C23H33N5O3/c1-2-27-16-24-8-20(27)13-26-9-17-7-19(12-26)22-4-3-18(23(30)28(22)10-17)11-25-5-6-31-21(14-25)15-29/h3-4,8,16-17,19,21,29H,2,5-7,9-15H2,1H3/t17-,19+,21+/m0/s1. The first kappa shape index (κ1) is 20.9. The van der Waals surface area contributed by atoms with Crippen molar-refractivity contribution in [1.82, 2.24) is 23.9 Å². The Morgan fingerprint density at radius 2 is 2.06 bits per heavy atom. The van der Waals surface area contributed by atoms with E-state index in [-0.39, 0.29) is 18.3 Å². The number of fused-ring (bicyclic) bond motifs is 4. The van der Waals surface area contributed by atoms with Crippen molar-refractivity contribution >= 4 is 0 Å². The third kappa shape index (κ3) is 4.22. The maximum absolute atomic E-state index is 13.3. The lowest BCUT2D eigenvalue weighted by Crippen LogP contribution is -2.48. The number of likely N-dealkylation sites (tertiary alicyclic amines) is 1. The summed E-state index contributed by atoms with van der Waals surface area (Å²) in [5.74, 6) is 0.925. The van der Waals surface area contributed by atoms with Gasteiger partial charge in [-0.25, -0.2) is 4.98 Å². The van der Waals surface area contributed by atoms with Crippen LogP contribution >= 0.6 is 0 Å². The molecule has 3 aliphatic rings. The predicted molar refractivity (Wildman–Crippen MR) is 117 cm³/mol. The number of hydrogen-bond acceptors (Lipinski definition) is 6. The molecule has 5 rings (SSSR count). The topological polar surface area (TPSA) is 75.8 Å². The molecule has 0 unspecified atom stereocenters. The summed E-state index contributed by atoms with van der Waals surface area (Å²) in [6.45, 7) is 9.58. The van der Waals surface area contributed by atoms with Crippen molar-refractivity contribution in [3.8, 4) is 0 Å². The Kier molecular flexibility index (Phi) is 5.97. The molecule has 0 aromatic carbocycles. The van der Waals surface area contributed by atoms with Gasteiger partial charge in [-0.15, -0.1) is 0 Å². The SMILES string of the molecule is CCn1cncc1CN1C[C@@H]2C[C@H](C1)c1ccc(CN3CCO[C@@H](CO)C3)c(=O)n1C2. The van der Waals surface area contributed by atoms with Crippen LogP contribution in [0.15, 0.2) is 29.5 Å². The van der Waals surface area contributed by atoms with Crippen LogP contribution in [0.25, 0.3) is 0 Å². The lowest BCUT2D eigenvalue weighted by molar-refractivity contribution is -0.0552. The molecule has 8 nitrogen and oxygen atoms in total. The number of aryl methyl sites for hydroxylation is 1. The first-order valence-corrected chi connectivity index (χ1v) is 11.5. The third-order valence-corrected chi connectivity index (χ3v) is 7.10. The van der Waals surface area contributed by atoms with Crippen LogP contribution in [-0.4, -0.2) is 74.5 Å². The van der Waals surface area contributed by atoms with Gasteiger partial charge in [0, 0.05) is 75.7 Å². The number of rotatable bonds is 6. The highest BCUT2D eigenvalue weighted by Crippen LogP contribution is 2.35. The fraction of sp³-hybridized carbons (Fsp3) is 0.652. The first-order chi connectivity index (χ1) is 15.1. The molecule has 2 saturated heterocycles. The number of imidazole rings is 1. The van der Waals surface area contributed by atoms with Crippen molar-refractivity contribution in [3.63, 3.8) is 0 Å². The number of hydrogen-bond donors (Lipinski definition) is 1. The van der Waals surface area contributed by atoms with Gasteiger partial charge in [0.25, 0.3) is 5.56 Å². The summed E-state index contributed by atoms with van der Waals surface area (Å²) in [5.41, 5.74) is 3.47. The lowest BCUT2D eigenvalue weighted by atomic mass is 9.83. The van der Waals surface area contributed by atoms with Crippen LogP contribution in [-0.2, 0) is 30.9 Å². The molecule has 3 aliphatic heterocycles. The molecule has 5 heterocycles. The van der Waals surface area contributed by atoms with Crippen molar-refractivity contribution < 1.29 is 9.84 Å². The molecule has 3 atom stereocenters. The molecule has 2 aromatic rings. The van der Waals surface area contributed by atoms with Crippen molar-refractivity contribution in [3.05, 3.63) is 52.0 Å². The Morgan fingerprint density at radius 3 is 2.90 bits per heavy atom. The number of ether oxygens (including phenoxy) is 1. The number of aliphatic hydroxyl groups is 1. The zero-order valence-corrected chi connectivity index (χ0v) is 18.3. The average molecular weight is 428 g/mol. The van der Waals surface area contributed by atoms with E-state index in [0.717, 1.165) is 44.8 Å². The van der Waals surface area contributed by atoms with Gasteiger partial charge in [-0.2, -0.15) is 0 Å². The molecule has 8 heteroatoms. The summed E-state index contributed by atoms with van der Waals surface area (Å²) < 4.78 is 9.80. The maximum atomic E-state index is 13.3. The van der Waals surface area contributed by atoms with Gasteiger partial charge in [0.05, 0.1) is 31.3 Å². The predicted octanol–water partition coefficient (Wildman–Crippen LogP) is 0.877. The highest BCUT2D eigenvalue weighted by molar-refractivity contribution is 5.22. The van der Waals surface area contributed by atoms with Crippen molar-refractivity contribution in [2.24, 2.45) is 5.92 Å². The molecule has 0 saturated carbocycles. The van der Waals surface area contributed by atoms with Gasteiger partial charge in [0.1, 0.15) is 0 Å². The molecule has 2 aromatic heterocycles. The summed E-state index contributed by atoms with van der Waals surface area (Å²) in [5, 5.41) is 9.38. The number of piperidine rings is 1. The number of aromatic nitrogens is 3. The van der Waals surface area contributed by atoms with Crippen LogP contribution in [0.3, 0.4) is 0 Å². The summed E-state index contributed by atoms with van der Waals surface area (Å²) in [6, 6.07) is 4.21. The average Bonchev–Trinajstić information content (AvgIpc) is 3.23. The Morgan fingerprint density at radius 1 is 1.16 bits per heavy atom. The third-order valence-electron chi connectivity index (χ3n) is 7.10. The monoisotopic (exact) mass is 427 g/mol. The van der Waals surface area contributed by atoms with E-state index in [1.807, 2.05) is 23.2 Å². The van der Waals surface area contributed by atoms with Gasteiger partial charge in [0.15, 0.2) is 0 Å². The molecular formula is C23H33N5O3. The molecule has 1 N–H and O–H groups in total. The van der Waals surface area contributed by atoms with Crippen molar-refractivity contribution in [1.29, 1.82) is 0 Å². The Labute approximate surface area is 183 Å². The van der Waals surface area contributed by atoms with E-state index in [9.17, 15) is 9.90 Å². The molecule has 0 aliphatic carbocycles. The van der Waals surface area contributed by atoms with Crippen LogP contribution < -0.4 is 5.56 Å². The van der Waals surface area contributed by atoms with E-state index >= 15 is 0 Å². The van der Waals surface area contributed by atoms with Crippen LogP contribution in [0.5, 0.6) is 0 Å². The van der Waals surface area contributed by atoms with Gasteiger partial charge in [-0.05, 0) is 25.3 Å². The van der Waals surface area contributed by atoms with E-state index < -0.39 is 0 Å². The fourth-order valence-electron chi connectivity index (χ4n) is 5.61. The molecule has 168 valence electrons. The smallest absolute Gasteiger partial charge is 0.255 e. The molecular weight excluding hydrogens is 394 g/mol. The van der Waals surface area contributed by atoms with Gasteiger partial charge >= 0.3 is 0 Å². The van der Waals surface area contributed by atoms with Crippen molar-refractivity contribution in [2.75, 3.05) is 39.4 Å². The minimum atomic E-state index is -0.150. The number of pyridine rings is 1. The van der Waals surface area contributed by atoms with Crippen molar-refractivity contribution in [2.45, 2.75) is 51.5 Å². The number of morpholine rings is 1. The second kappa shape index (κ2) is 8.86. The zero-order valence-electron chi connectivity index (χ0n) is 18.3. The molecule has 0 spiro atoms. The van der Waals surface area contributed by atoms with E-state index in [0.29, 0.717) is 31.5 Å². The summed E-state index contributed by atoms with van der Waals surface area (Å²) >= 11 is 0. The van der Waals surface area contributed by atoms with Gasteiger partial charge in [0.2, 0.25) is 0 Å². The molecule has 0 radical (unpaired) electrons. The molecule has 31 heavy (non-hydrogen) atoms. The van der Waals surface area contributed by atoms with Gasteiger partial charge < -0.3 is 19.0 Å². The molecule has 2 bridgehead atoms. The van der Waals surface area contributed by atoms with Gasteiger partial charge in [-0.3, -0.25) is 14.6 Å². The van der Waals surface area contributed by atoms with Crippen LogP contribution in [0.1, 0.15) is 36.2 Å². The Hall–Kier alpha value is -2.00. The highest BCUT2D eigenvalue weighted by Gasteiger charge is 2.35. The van der Waals surface area contributed by atoms with E-state index in [4.69, 9.17) is 4.74 Å². The van der Waals surface area contributed by atoms with Crippen LogP contribution in [0.4, 0.5) is 0 Å².